The van der Waals surface area contributed by atoms with E-state index < -0.39 is 6.10 Å². The molecule has 0 saturated carbocycles. The first kappa shape index (κ1) is 13.4. The fourth-order valence-electron chi connectivity index (χ4n) is 2.08. The number of methoxy groups -OCH3 is 2. The number of ether oxygens (including phenoxy) is 2. The van der Waals surface area contributed by atoms with Crippen molar-refractivity contribution in [2.24, 2.45) is 7.05 Å². The number of aryl methyl sites for hydroxylation is 1. The molecule has 19 heavy (non-hydrogen) atoms. The van der Waals surface area contributed by atoms with Crippen LogP contribution in [0.1, 0.15) is 17.4 Å². The van der Waals surface area contributed by atoms with Crippen LogP contribution in [0.3, 0.4) is 0 Å². The monoisotopic (exact) mass is 262 g/mol. The van der Waals surface area contributed by atoms with Crippen LogP contribution in [0, 0.1) is 0 Å². The maximum absolute atomic E-state index is 10.4. The van der Waals surface area contributed by atoms with Crippen molar-refractivity contribution in [2.75, 3.05) is 14.2 Å². The Bertz CT molecular complexity index is 529. The van der Waals surface area contributed by atoms with Gasteiger partial charge in [-0.2, -0.15) is 5.10 Å². The predicted octanol–water partition coefficient (Wildman–Crippen LogP) is 1.71. The van der Waals surface area contributed by atoms with E-state index in [9.17, 15) is 5.11 Å². The normalized spacial score (nSPS) is 12.2. The quantitative estimate of drug-likeness (QED) is 0.891. The number of rotatable bonds is 5. The van der Waals surface area contributed by atoms with E-state index in [1.165, 1.54) is 0 Å². The number of hydrogen-bond acceptors (Lipinski definition) is 4. The number of hydrogen-bond donors (Lipinski definition) is 1. The van der Waals surface area contributed by atoms with Gasteiger partial charge in [0.15, 0.2) is 0 Å². The molecule has 0 amide bonds. The molecule has 0 bridgehead atoms. The molecule has 1 heterocycles. The van der Waals surface area contributed by atoms with Gasteiger partial charge in [-0.3, -0.25) is 4.68 Å². The Labute approximate surface area is 112 Å². The van der Waals surface area contributed by atoms with Gasteiger partial charge in [0.2, 0.25) is 0 Å². The molecule has 1 atom stereocenters. The third kappa shape index (κ3) is 2.88. The lowest BCUT2D eigenvalue weighted by molar-refractivity contribution is 0.168. The summed E-state index contributed by atoms with van der Waals surface area (Å²) >= 11 is 0. The standard InChI is InChI=1S/C14H18N2O3/c1-16-8-7-10(15-16)9-11(17)14-12(18-2)5-4-6-13(14)19-3/h4-8,11,17H,9H2,1-3H3. The topological polar surface area (TPSA) is 56.5 Å². The molecule has 0 radical (unpaired) electrons. The number of benzene rings is 1. The van der Waals surface area contributed by atoms with Crippen molar-refractivity contribution < 1.29 is 14.6 Å². The SMILES string of the molecule is COc1cccc(OC)c1C(O)Cc1ccn(C)n1. The number of aromatic nitrogens is 2. The van der Waals surface area contributed by atoms with E-state index in [2.05, 4.69) is 5.10 Å². The van der Waals surface area contributed by atoms with Gasteiger partial charge in [0, 0.05) is 19.7 Å². The van der Waals surface area contributed by atoms with E-state index >= 15 is 0 Å². The van der Waals surface area contributed by atoms with Crippen molar-refractivity contribution in [3.8, 4) is 11.5 Å². The molecule has 1 aromatic carbocycles. The van der Waals surface area contributed by atoms with Gasteiger partial charge in [0.05, 0.1) is 31.6 Å². The molecule has 0 spiro atoms. The van der Waals surface area contributed by atoms with Crippen molar-refractivity contribution in [1.82, 2.24) is 9.78 Å². The van der Waals surface area contributed by atoms with Crippen LogP contribution in [0.4, 0.5) is 0 Å². The van der Waals surface area contributed by atoms with Crippen LogP contribution >= 0.6 is 0 Å². The molecule has 1 N–H and O–H groups in total. The van der Waals surface area contributed by atoms with Crippen molar-refractivity contribution in [1.29, 1.82) is 0 Å². The second-order valence-electron chi connectivity index (χ2n) is 4.28. The fraction of sp³-hybridized carbons (Fsp3) is 0.357. The summed E-state index contributed by atoms with van der Waals surface area (Å²) in [4.78, 5) is 0. The second kappa shape index (κ2) is 5.75. The Morgan fingerprint density at radius 3 is 2.32 bits per heavy atom. The highest BCUT2D eigenvalue weighted by atomic mass is 16.5. The molecule has 1 aromatic heterocycles. The molecule has 0 aliphatic carbocycles. The van der Waals surface area contributed by atoms with Crippen molar-refractivity contribution in [3.05, 3.63) is 41.7 Å². The smallest absolute Gasteiger partial charge is 0.128 e. The second-order valence-corrected chi connectivity index (χ2v) is 4.28. The average Bonchev–Trinajstić information content (AvgIpc) is 2.82. The fourth-order valence-corrected chi connectivity index (χ4v) is 2.08. The molecule has 5 nitrogen and oxygen atoms in total. The third-order valence-electron chi connectivity index (χ3n) is 2.97. The summed E-state index contributed by atoms with van der Waals surface area (Å²) in [5.74, 6) is 1.23. The molecule has 2 aromatic rings. The predicted molar refractivity (Wildman–Crippen MR) is 71.4 cm³/mol. The summed E-state index contributed by atoms with van der Waals surface area (Å²) in [6, 6.07) is 7.32. The molecular formula is C14H18N2O3. The van der Waals surface area contributed by atoms with Gasteiger partial charge >= 0.3 is 0 Å². The van der Waals surface area contributed by atoms with Gasteiger partial charge in [-0.25, -0.2) is 0 Å². The van der Waals surface area contributed by atoms with Crippen LogP contribution in [0.2, 0.25) is 0 Å². The number of aliphatic hydroxyl groups is 1. The summed E-state index contributed by atoms with van der Waals surface area (Å²) in [6.45, 7) is 0. The minimum Gasteiger partial charge on any atom is -0.496 e. The molecular weight excluding hydrogens is 244 g/mol. The van der Waals surface area contributed by atoms with Gasteiger partial charge in [-0.05, 0) is 18.2 Å². The first-order chi connectivity index (χ1) is 9.15. The van der Waals surface area contributed by atoms with Gasteiger partial charge in [0.1, 0.15) is 11.5 Å². The number of nitrogens with zero attached hydrogens (tertiary/aromatic N) is 2. The highest BCUT2D eigenvalue weighted by Gasteiger charge is 2.19. The molecule has 102 valence electrons. The van der Waals surface area contributed by atoms with E-state index in [1.54, 1.807) is 31.0 Å². The molecule has 0 aliphatic heterocycles. The van der Waals surface area contributed by atoms with Gasteiger partial charge in [-0.1, -0.05) is 6.07 Å². The molecule has 0 fully saturated rings. The Kier molecular flexibility index (Phi) is 4.06. The lowest BCUT2D eigenvalue weighted by atomic mass is 10.0. The highest BCUT2D eigenvalue weighted by molar-refractivity contribution is 5.46. The summed E-state index contributed by atoms with van der Waals surface area (Å²) < 4.78 is 12.3. The third-order valence-corrected chi connectivity index (χ3v) is 2.97. The average molecular weight is 262 g/mol. The van der Waals surface area contributed by atoms with Gasteiger partial charge < -0.3 is 14.6 Å². The number of aliphatic hydroxyl groups excluding tert-OH is 1. The first-order valence-corrected chi connectivity index (χ1v) is 6.03. The summed E-state index contributed by atoms with van der Waals surface area (Å²) in [7, 11) is 5.00. The lowest BCUT2D eigenvalue weighted by Gasteiger charge is -2.17. The van der Waals surface area contributed by atoms with Crippen LogP contribution in [0.15, 0.2) is 30.5 Å². The molecule has 2 rings (SSSR count). The van der Waals surface area contributed by atoms with Crippen LogP contribution < -0.4 is 9.47 Å². The van der Waals surface area contributed by atoms with Gasteiger partial charge in [0.25, 0.3) is 0 Å². The Morgan fingerprint density at radius 1 is 1.21 bits per heavy atom. The molecule has 5 heteroatoms. The highest BCUT2D eigenvalue weighted by Crippen LogP contribution is 2.35. The van der Waals surface area contributed by atoms with Crippen LogP contribution in [-0.2, 0) is 13.5 Å². The van der Waals surface area contributed by atoms with E-state index in [0.717, 1.165) is 5.69 Å². The summed E-state index contributed by atoms with van der Waals surface area (Å²) in [5.41, 5.74) is 1.47. The molecule has 1 unspecified atom stereocenters. The molecule has 0 saturated heterocycles. The maximum atomic E-state index is 10.4. The first-order valence-electron chi connectivity index (χ1n) is 6.03. The van der Waals surface area contributed by atoms with Crippen LogP contribution in [0.5, 0.6) is 11.5 Å². The Balaban J connectivity index is 2.29. The van der Waals surface area contributed by atoms with E-state index in [4.69, 9.17) is 9.47 Å². The minimum absolute atomic E-state index is 0.414. The zero-order chi connectivity index (χ0) is 13.8. The van der Waals surface area contributed by atoms with Crippen LogP contribution in [0.25, 0.3) is 0 Å². The summed E-state index contributed by atoms with van der Waals surface area (Å²) in [6.07, 6.45) is 1.54. The van der Waals surface area contributed by atoms with E-state index in [1.807, 2.05) is 25.4 Å². The Morgan fingerprint density at radius 2 is 1.84 bits per heavy atom. The van der Waals surface area contributed by atoms with Crippen molar-refractivity contribution >= 4 is 0 Å². The van der Waals surface area contributed by atoms with E-state index in [-0.39, 0.29) is 0 Å². The van der Waals surface area contributed by atoms with Crippen molar-refractivity contribution in [3.63, 3.8) is 0 Å². The zero-order valence-electron chi connectivity index (χ0n) is 11.3. The molecule has 0 aliphatic rings. The minimum atomic E-state index is -0.721. The maximum Gasteiger partial charge on any atom is 0.128 e. The van der Waals surface area contributed by atoms with Crippen LogP contribution in [-0.4, -0.2) is 29.1 Å². The zero-order valence-corrected chi connectivity index (χ0v) is 11.3. The Hall–Kier alpha value is -2.01. The van der Waals surface area contributed by atoms with Crippen molar-refractivity contribution in [2.45, 2.75) is 12.5 Å². The van der Waals surface area contributed by atoms with E-state index in [0.29, 0.717) is 23.5 Å². The largest absolute Gasteiger partial charge is 0.496 e. The lowest BCUT2D eigenvalue weighted by Crippen LogP contribution is -2.07. The summed E-state index contributed by atoms with van der Waals surface area (Å²) in [5, 5.41) is 14.7. The van der Waals surface area contributed by atoms with Gasteiger partial charge in [-0.15, -0.1) is 0 Å².